The van der Waals surface area contributed by atoms with E-state index in [1.807, 2.05) is 6.20 Å². The summed E-state index contributed by atoms with van der Waals surface area (Å²) < 4.78 is 10.4. The Labute approximate surface area is 128 Å². The molecule has 0 spiro atoms. The zero-order valence-electron chi connectivity index (χ0n) is 13.6. The van der Waals surface area contributed by atoms with Crippen molar-refractivity contribution in [2.24, 2.45) is 0 Å². The van der Waals surface area contributed by atoms with E-state index < -0.39 is 0 Å². The van der Waals surface area contributed by atoms with Crippen molar-refractivity contribution >= 4 is 5.69 Å². The molecule has 1 aromatic heterocycles. The van der Waals surface area contributed by atoms with Gasteiger partial charge in [-0.15, -0.1) is 0 Å². The molecule has 21 heavy (non-hydrogen) atoms. The zero-order chi connectivity index (χ0) is 15.3. The summed E-state index contributed by atoms with van der Waals surface area (Å²) >= 11 is 0. The molecule has 1 N–H and O–H groups in total. The fourth-order valence-corrected chi connectivity index (χ4v) is 2.12. The van der Waals surface area contributed by atoms with Gasteiger partial charge >= 0.3 is 0 Å². The van der Waals surface area contributed by atoms with Crippen LogP contribution in [0.25, 0.3) is 0 Å². The topological polar surface area (TPSA) is 46.6 Å². The fraction of sp³-hybridized carbons (Fsp3) is 0.688. The predicted octanol–water partition coefficient (Wildman–Crippen LogP) is 2.07. The molecule has 5 nitrogen and oxygen atoms in total. The van der Waals surface area contributed by atoms with Crippen LogP contribution in [-0.2, 0) is 16.0 Å². The summed E-state index contributed by atoms with van der Waals surface area (Å²) in [7, 11) is 3.48. The van der Waals surface area contributed by atoms with Gasteiger partial charge in [0, 0.05) is 52.3 Å². The van der Waals surface area contributed by atoms with Crippen LogP contribution in [0.1, 0.15) is 25.5 Å². The van der Waals surface area contributed by atoms with Crippen molar-refractivity contribution in [3.8, 4) is 0 Å². The molecule has 0 aliphatic carbocycles. The Morgan fingerprint density at radius 1 is 1.19 bits per heavy atom. The molecule has 0 bridgehead atoms. The molecule has 1 aromatic rings. The normalized spacial score (nSPS) is 10.8. The third-order valence-corrected chi connectivity index (χ3v) is 3.24. The van der Waals surface area contributed by atoms with Crippen LogP contribution in [0, 0.1) is 0 Å². The number of methoxy groups -OCH3 is 2. The van der Waals surface area contributed by atoms with E-state index in [1.54, 1.807) is 14.2 Å². The van der Waals surface area contributed by atoms with E-state index in [2.05, 4.69) is 34.3 Å². The van der Waals surface area contributed by atoms with Gasteiger partial charge in [-0.3, -0.25) is 4.98 Å². The minimum absolute atomic E-state index is 0.721. The Morgan fingerprint density at radius 2 is 2.00 bits per heavy atom. The number of pyridine rings is 1. The Hall–Kier alpha value is -1.17. The van der Waals surface area contributed by atoms with E-state index in [0.29, 0.717) is 0 Å². The number of anilines is 1. The number of hydrogen-bond acceptors (Lipinski definition) is 5. The molecule has 0 aliphatic heterocycles. The van der Waals surface area contributed by atoms with Crippen LogP contribution in [0.2, 0.25) is 0 Å². The maximum absolute atomic E-state index is 5.21. The smallest absolute Gasteiger partial charge is 0.0637 e. The lowest BCUT2D eigenvalue weighted by Crippen LogP contribution is -2.29. The second-order valence-electron chi connectivity index (χ2n) is 5.01. The minimum atomic E-state index is 0.721. The number of aromatic nitrogens is 1. The first-order valence-corrected chi connectivity index (χ1v) is 7.70. The Balaban J connectivity index is 2.63. The van der Waals surface area contributed by atoms with E-state index in [4.69, 9.17) is 9.47 Å². The summed E-state index contributed by atoms with van der Waals surface area (Å²) in [4.78, 5) is 6.75. The van der Waals surface area contributed by atoms with Crippen molar-refractivity contribution in [3.05, 3.63) is 24.0 Å². The molecular formula is C16H29N3O2. The van der Waals surface area contributed by atoms with Crippen molar-refractivity contribution in [1.29, 1.82) is 0 Å². The average Bonchev–Trinajstić information content (AvgIpc) is 2.51. The Kier molecular flexibility index (Phi) is 9.78. The van der Waals surface area contributed by atoms with Crippen molar-refractivity contribution in [1.82, 2.24) is 10.3 Å². The van der Waals surface area contributed by atoms with Crippen LogP contribution in [0.15, 0.2) is 18.3 Å². The van der Waals surface area contributed by atoms with Crippen LogP contribution in [-0.4, -0.2) is 52.1 Å². The average molecular weight is 295 g/mol. The second kappa shape index (κ2) is 11.5. The lowest BCUT2D eigenvalue weighted by Gasteiger charge is -2.24. The molecule has 0 unspecified atom stereocenters. The van der Waals surface area contributed by atoms with Gasteiger partial charge in [0.05, 0.1) is 12.3 Å². The van der Waals surface area contributed by atoms with Gasteiger partial charge in [0.2, 0.25) is 0 Å². The van der Waals surface area contributed by atoms with Crippen LogP contribution < -0.4 is 10.2 Å². The molecule has 1 rings (SSSR count). The zero-order valence-corrected chi connectivity index (χ0v) is 13.6. The monoisotopic (exact) mass is 295 g/mol. The highest BCUT2D eigenvalue weighted by Gasteiger charge is 2.07. The molecule has 0 aliphatic rings. The largest absolute Gasteiger partial charge is 0.385 e. The number of nitrogens with one attached hydrogen (secondary N) is 1. The number of nitrogens with zero attached hydrogens (tertiary/aromatic N) is 2. The molecular weight excluding hydrogens is 266 g/mol. The minimum Gasteiger partial charge on any atom is -0.385 e. The third-order valence-electron chi connectivity index (χ3n) is 3.24. The summed E-state index contributed by atoms with van der Waals surface area (Å²) in [6.07, 6.45) is 4.02. The van der Waals surface area contributed by atoms with Gasteiger partial charge in [-0.25, -0.2) is 0 Å². The highest BCUT2D eigenvalue weighted by atomic mass is 16.5. The SMILES string of the molecule is CCCNCc1cc(N(CCCOC)CCOC)ccn1. The van der Waals surface area contributed by atoms with E-state index >= 15 is 0 Å². The summed E-state index contributed by atoms with van der Waals surface area (Å²) in [6, 6.07) is 4.22. The number of ether oxygens (including phenoxy) is 2. The summed E-state index contributed by atoms with van der Waals surface area (Å²) in [5, 5.41) is 3.39. The first-order chi connectivity index (χ1) is 10.3. The lowest BCUT2D eigenvalue weighted by molar-refractivity contribution is 0.191. The Bertz CT molecular complexity index is 374. The van der Waals surface area contributed by atoms with Gasteiger partial charge < -0.3 is 19.7 Å². The molecule has 0 aromatic carbocycles. The van der Waals surface area contributed by atoms with E-state index in [0.717, 1.165) is 57.9 Å². The summed E-state index contributed by atoms with van der Waals surface area (Å²) in [5.74, 6) is 0. The van der Waals surface area contributed by atoms with Crippen molar-refractivity contribution in [2.75, 3.05) is 52.0 Å². The molecule has 0 fully saturated rings. The molecule has 0 saturated carbocycles. The van der Waals surface area contributed by atoms with Gasteiger partial charge in [-0.1, -0.05) is 6.92 Å². The van der Waals surface area contributed by atoms with Crippen LogP contribution >= 0.6 is 0 Å². The first-order valence-electron chi connectivity index (χ1n) is 7.70. The van der Waals surface area contributed by atoms with Gasteiger partial charge in [-0.2, -0.15) is 0 Å². The molecule has 5 heteroatoms. The highest BCUT2D eigenvalue weighted by Crippen LogP contribution is 2.15. The van der Waals surface area contributed by atoms with Gasteiger partial charge in [0.25, 0.3) is 0 Å². The van der Waals surface area contributed by atoms with E-state index in [9.17, 15) is 0 Å². The maximum Gasteiger partial charge on any atom is 0.0637 e. The number of hydrogen-bond donors (Lipinski definition) is 1. The summed E-state index contributed by atoms with van der Waals surface area (Å²) in [5.41, 5.74) is 2.28. The maximum atomic E-state index is 5.21. The van der Waals surface area contributed by atoms with E-state index in [1.165, 1.54) is 5.69 Å². The van der Waals surface area contributed by atoms with Crippen LogP contribution in [0.5, 0.6) is 0 Å². The fourth-order valence-electron chi connectivity index (χ4n) is 2.12. The van der Waals surface area contributed by atoms with Crippen molar-refractivity contribution in [3.63, 3.8) is 0 Å². The molecule has 0 atom stereocenters. The van der Waals surface area contributed by atoms with Crippen molar-refractivity contribution in [2.45, 2.75) is 26.3 Å². The molecule has 0 amide bonds. The van der Waals surface area contributed by atoms with Crippen LogP contribution in [0.3, 0.4) is 0 Å². The number of rotatable bonds is 12. The highest BCUT2D eigenvalue weighted by molar-refractivity contribution is 5.46. The second-order valence-corrected chi connectivity index (χ2v) is 5.01. The van der Waals surface area contributed by atoms with Gasteiger partial charge in [0.1, 0.15) is 0 Å². The van der Waals surface area contributed by atoms with E-state index in [-0.39, 0.29) is 0 Å². The summed E-state index contributed by atoms with van der Waals surface area (Å²) in [6.45, 7) is 7.34. The quantitative estimate of drug-likeness (QED) is 0.598. The predicted molar refractivity (Wildman–Crippen MR) is 86.8 cm³/mol. The molecule has 1 heterocycles. The first kappa shape index (κ1) is 17.9. The van der Waals surface area contributed by atoms with Crippen LogP contribution in [0.4, 0.5) is 5.69 Å². The third kappa shape index (κ3) is 7.41. The Morgan fingerprint density at radius 3 is 2.71 bits per heavy atom. The molecule has 0 radical (unpaired) electrons. The van der Waals surface area contributed by atoms with Gasteiger partial charge in [-0.05, 0) is 31.5 Å². The molecule has 0 saturated heterocycles. The lowest BCUT2D eigenvalue weighted by atomic mass is 10.2. The molecule has 120 valence electrons. The van der Waals surface area contributed by atoms with Crippen molar-refractivity contribution < 1.29 is 9.47 Å². The van der Waals surface area contributed by atoms with Gasteiger partial charge in [0.15, 0.2) is 0 Å². The standard InChI is InChI=1S/C16H29N3O2/c1-4-7-17-14-15-13-16(6-8-18-15)19(10-12-21-3)9-5-11-20-2/h6,8,13,17H,4-5,7,9-12,14H2,1-3H3.